The summed E-state index contributed by atoms with van der Waals surface area (Å²) in [6.45, 7) is 6.08. The predicted molar refractivity (Wildman–Crippen MR) is 108 cm³/mol. The Morgan fingerprint density at radius 3 is 2.92 bits per heavy atom. The van der Waals surface area contributed by atoms with E-state index in [2.05, 4.69) is 40.5 Å². The van der Waals surface area contributed by atoms with Gasteiger partial charge in [-0.25, -0.2) is 4.98 Å². The number of aromatic nitrogens is 3. The minimum atomic E-state index is 0.557. The molecule has 1 aromatic carbocycles. The lowest BCUT2D eigenvalue weighted by Gasteiger charge is -2.14. The summed E-state index contributed by atoms with van der Waals surface area (Å²) >= 11 is 1.84. The van der Waals surface area contributed by atoms with Crippen LogP contribution < -0.4 is 10.1 Å². The normalized spacial score (nSPS) is 12.5. The van der Waals surface area contributed by atoms with Crippen LogP contribution in [0.2, 0.25) is 0 Å². The highest BCUT2D eigenvalue weighted by molar-refractivity contribution is 7.99. The van der Waals surface area contributed by atoms with E-state index in [9.17, 15) is 0 Å². The van der Waals surface area contributed by atoms with Gasteiger partial charge in [-0.15, -0.1) is 11.8 Å². The number of para-hydroxylation sites is 1. The number of ether oxygens (including phenoxy) is 1. The van der Waals surface area contributed by atoms with Crippen molar-refractivity contribution in [2.45, 2.75) is 25.3 Å². The highest BCUT2D eigenvalue weighted by Crippen LogP contribution is 2.29. The van der Waals surface area contributed by atoms with Crippen molar-refractivity contribution in [1.29, 1.82) is 0 Å². The van der Waals surface area contributed by atoms with Crippen molar-refractivity contribution < 1.29 is 4.74 Å². The van der Waals surface area contributed by atoms with E-state index in [4.69, 9.17) is 4.74 Å². The number of aryl methyl sites for hydroxylation is 2. The molecule has 26 heavy (non-hydrogen) atoms. The third-order valence-corrected chi connectivity index (χ3v) is 5.72. The maximum atomic E-state index is 5.41. The molecule has 1 unspecified atom stereocenters. The summed E-state index contributed by atoms with van der Waals surface area (Å²) in [5, 5.41) is 9.10. The van der Waals surface area contributed by atoms with Gasteiger partial charge < -0.3 is 10.1 Å². The summed E-state index contributed by atoms with van der Waals surface area (Å²) in [5.74, 6) is 2.55. The molecule has 2 heterocycles. The Labute approximate surface area is 159 Å². The van der Waals surface area contributed by atoms with Crippen LogP contribution in [0.5, 0.6) is 5.75 Å². The van der Waals surface area contributed by atoms with Gasteiger partial charge in [0, 0.05) is 35.8 Å². The minimum absolute atomic E-state index is 0.557. The number of nitrogens with one attached hydrogen (secondary N) is 1. The summed E-state index contributed by atoms with van der Waals surface area (Å²) in [6, 6.07) is 10.4. The molecule has 2 aromatic heterocycles. The first-order chi connectivity index (χ1) is 12.6. The number of methoxy groups -OCH3 is 1. The van der Waals surface area contributed by atoms with E-state index >= 15 is 0 Å². The number of thioether (sulfide) groups is 1. The molecular formula is C20H26N4OS. The monoisotopic (exact) mass is 370 g/mol. The second kappa shape index (κ2) is 8.56. The van der Waals surface area contributed by atoms with E-state index in [1.165, 1.54) is 10.5 Å². The first-order valence-corrected chi connectivity index (χ1v) is 9.81. The highest BCUT2D eigenvalue weighted by Gasteiger charge is 2.09. The lowest BCUT2D eigenvalue weighted by Crippen LogP contribution is -2.22. The number of hydrogen-bond donors (Lipinski definition) is 1. The topological polar surface area (TPSA) is 52.0 Å². The maximum Gasteiger partial charge on any atom is 0.157 e. The van der Waals surface area contributed by atoms with Crippen molar-refractivity contribution >= 4 is 22.8 Å². The predicted octanol–water partition coefficient (Wildman–Crippen LogP) is 3.80. The third kappa shape index (κ3) is 4.37. The first-order valence-electron chi connectivity index (χ1n) is 8.83. The average molecular weight is 371 g/mol. The second-order valence-electron chi connectivity index (χ2n) is 6.62. The highest BCUT2D eigenvalue weighted by atomic mass is 32.2. The fourth-order valence-electron chi connectivity index (χ4n) is 2.94. The van der Waals surface area contributed by atoms with Crippen molar-refractivity contribution in [2.24, 2.45) is 13.0 Å². The van der Waals surface area contributed by atoms with E-state index in [1.54, 1.807) is 7.11 Å². The average Bonchev–Trinajstić information content (AvgIpc) is 2.94. The molecule has 1 atom stereocenters. The second-order valence-corrected chi connectivity index (χ2v) is 7.68. The van der Waals surface area contributed by atoms with Crippen LogP contribution in [-0.4, -0.2) is 34.2 Å². The molecule has 0 fully saturated rings. The summed E-state index contributed by atoms with van der Waals surface area (Å²) in [5.41, 5.74) is 3.16. The zero-order chi connectivity index (χ0) is 18.5. The van der Waals surface area contributed by atoms with Crippen LogP contribution in [0.4, 0.5) is 0 Å². The van der Waals surface area contributed by atoms with E-state index in [1.807, 2.05) is 48.7 Å². The summed E-state index contributed by atoms with van der Waals surface area (Å²) in [4.78, 5) is 5.73. The van der Waals surface area contributed by atoms with Gasteiger partial charge in [0.2, 0.25) is 0 Å². The largest absolute Gasteiger partial charge is 0.496 e. The Balaban J connectivity index is 1.49. The summed E-state index contributed by atoms with van der Waals surface area (Å²) < 4.78 is 7.25. The summed E-state index contributed by atoms with van der Waals surface area (Å²) in [6.07, 6.45) is 1.94. The van der Waals surface area contributed by atoms with E-state index in [0.29, 0.717) is 5.92 Å². The van der Waals surface area contributed by atoms with Crippen molar-refractivity contribution in [1.82, 2.24) is 20.1 Å². The lowest BCUT2D eigenvalue weighted by atomic mass is 10.2. The Morgan fingerprint density at radius 1 is 1.31 bits per heavy atom. The minimum Gasteiger partial charge on any atom is -0.496 e. The smallest absolute Gasteiger partial charge is 0.157 e. The number of rotatable bonds is 8. The molecule has 0 aliphatic carbocycles. The van der Waals surface area contributed by atoms with Crippen LogP contribution in [-0.2, 0) is 13.6 Å². The molecule has 0 aliphatic rings. The number of fused-ring (bicyclic) bond motifs is 1. The van der Waals surface area contributed by atoms with Crippen LogP contribution in [0.15, 0.2) is 41.4 Å². The molecule has 1 N–H and O–H groups in total. The molecule has 0 spiro atoms. The van der Waals surface area contributed by atoms with Gasteiger partial charge in [-0.3, -0.25) is 4.68 Å². The zero-order valence-corrected chi connectivity index (χ0v) is 16.6. The van der Waals surface area contributed by atoms with Gasteiger partial charge in [-0.2, -0.15) is 5.10 Å². The number of benzene rings is 1. The van der Waals surface area contributed by atoms with Crippen LogP contribution in [0.1, 0.15) is 18.2 Å². The molecular weight excluding hydrogens is 344 g/mol. The lowest BCUT2D eigenvalue weighted by molar-refractivity contribution is 0.404. The van der Waals surface area contributed by atoms with Crippen molar-refractivity contribution in [2.75, 3.05) is 19.4 Å². The fraction of sp³-hybridized carbons (Fsp3) is 0.400. The first kappa shape index (κ1) is 18.7. The molecule has 0 saturated carbocycles. The number of hydrogen-bond acceptors (Lipinski definition) is 5. The molecule has 5 nitrogen and oxygen atoms in total. The Kier molecular flexibility index (Phi) is 6.16. The summed E-state index contributed by atoms with van der Waals surface area (Å²) in [7, 11) is 3.65. The molecule has 3 aromatic rings. The van der Waals surface area contributed by atoms with Crippen LogP contribution in [0, 0.1) is 12.8 Å². The Morgan fingerprint density at radius 2 is 2.12 bits per heavy atom. The molecule has 3 rings (SSSR count). The molecule has 0 bridgehead atoms. The number of nitrogens with zero attached hydrogens (tertiary/aromatic N) is 3. The van der Waals surface area contributed by atoms with Gasteiger partial charge in [0.05, 0.1) is 12.8 Å². The molecule has 0 aliphatic heterocycles. The molecule has 138 valence electrons. The SMILES string of the molecule is COc1ccccc1SCC(C)CNCc1cnc2c(c1)c(C)nn2C. The number of pyridine rings is 1. The molecule has 6 heteroatoms. The standard InChI is InChI=1S/C20H26N4OS/c1-14(13-26-19-8-6-5-7-18(19)25-4)10-21-11-16-9-17-15(2)23-24(3)20(17)22-12-16/h5-9,12,14,21H,10-11,13H2,1-4H3. The molecule has 0 radical (unpaired) electrons. The molecule has 0 saturated heterocycles. The van der Waals surface area contributed by atoms with Crippen LogP contribution in [0.25, 0.3) is 11.0 Å². The Hall–Kier alpha value is -2.05. The van der Waals surface area contributed by atoms with Gasteiger partial charge in [0.15, 0.2) is 5.65 Å². The van der Waals surface area contributed by atoms with Gasteiger partial charge in [-0.05, 0) is 43.1 Å². The quantitative estimate of drug-likeness (QED) is 0.611. The zero-order valence-electron chi connectivity index (χ0n) is 15.8. The van der Waals surface area contributed by atoms with Gasteiger partial charge in [0.25, 0.3) is 0 Å². The van der Waals surface area contributed by atoms with Crippen molar-refractivity contribution in [3.63, 3.8) is 0 Å². The van der Waals surface area contributed by atoms with Crippen LogP contribution in [0.3, 0.4) is 0 Å². The Bertz CT molecular complexity index is 877. The van der Waals surface area contributed by atoms with Crippen molar-refractivity contribution in [3.05, 3.63) is 47.8 Å². The fourth-order valence-corrected chi connectivity index (χ4v) is 3.99. The van der Waals surface area contributed by atoms with Crippen LogP contribution >= 0.6 is 11.8 Å². The van der Waals surface area contributed by atoms with E-state index < -0.39 is 0 Å². The van der Waals surface area contributed by atoms with E-state index in [-0.39, 0.29) is 0 Å². The third-order valence-electron chi connectivity index (χ3n) is 4.33. The maximum absolute atomic E-state index is 5.41. The van der Waals surface area contributed by atoms with E-state index in [0.717, 1.165) is 41.3 Å². The molecule has 0 amide bonds. The van der Waals surface area contributed by atoms with Gasteiger partial charge in [0.1, 0.15) is 5.75 Å². The van der Waals surface area contributed by atoms with Crippen molar-refractivity contribution in [3.8, 4) is 5.75 Å². The van der Waals surface area contributed by atoms with Gasteiger partial charge in [-0.1, -0.05) is 19.1 Å². The van der Waals surface area contributed by atoms with Gasteiger partial charge >= 0.3 is 0 Å².